The predicted octanol–water partition coefficient (Wildman–Crippen LogP) is 1.78. The number of phenols is 1. The number of phenolic OH excluding ortho intramolecular Hbond substituents is 1. The van der Waals surface area contributed by atoms with Gasteiger partial charge >= 0.3 is 0 Å². The lowest BCUT2D eigenvalue weighted by atomic mass is 10.3. The number of nitrogens with zero attached hydrogens (tertiary/aromatic N) is 1. The van der Waals surface area contributed by atoms with Gasteiger partial charge in [-0.15, -0.1) is 0 Å². The molecule has 4 nitrogen and oxygen atoms in total. The Bertz CT molecular complexity index is 399. The van der Waals surface area contributed by atoms with Gasteiger partial charge in [-0.25, -0.2) is 0 Å². The molecule has 1 atom stereocenters. The summed E-state index contributed by atoms with van der Waals surface area (Å²) < 4.78 is 5.48. The van der Waals surface area contributed by atoms with Gasteiger partial charge in [-0.05, 0) is 31.9 Å². The molecule has 92 valence electrons. The maximum atomic E-state index is 12.0. The smallest absolute Gasteiger partial charge is 0.263 e. The molecule has 2 rings (SSSR count). The lowest BCUT2D eigenvalue weighted by molar-refractivity contribution is -0.136. The molecule has 1 amide bonds. The lowest BCUT2D eigenvalue weighted by Gasteiger charge is -2.21. The third kappa shape index (κ3) is 2.70. The van der Waals surface area contributed by atoms with Gasteiger partial charge in [0, 0.05) is 13.1 Å². The zero-order chi connectivity index (χ0) is 12.3. The summed E-state index contributed by atoms with van der Waals surface area (Å²) in [5.41, 5.74) is 0. The van der Waals surface area contributed by atoms with Crippen molar-refractivity contribution in [3.05, 3.63) is 24.3 Å². The number of rotatable bonds is 3. The largest absolute Gasteiger partial charge is 0.504 e. The van der Waals surface area contributed by atoms with E-state index < -0.39 is 6.10 Å². The lowest BCUT2D eigenvalue weighted by Crippen LogP contribution is -2.38. The highest BCUT2D eigenvalue weighted by Crippen LogP contribution is 2.26. The van der Waals surface area contributed by atoms with Crippen molar-refractivity contribution in [1.82, 2.24) is 4.90 Å². The molecule has 0 saturated carbocycles. The van der Waals surface area contributed by atoms with Crippen LogP contribution in [-0.4, -0.2) is 35.1 Å². The molecular formula is C13H17NO3. The Hall–Kier alpha value is -1.71. The fraction of sp³-hybridized carbons (Fsp3) is 0.462. The summed E-state index contributed by atoms with van der Waals surface area (Å²) in [6.45, 7) is 3.34. The second kappa shape index (κ2) is 5.08. The van der Waals surface area contributed by atoms with Crippen LogP contribution in [0.2, 0.25) is 0 Å². The van der Waals surface area contributed by atoms with E-state index in [0.717, 1.165) is 25.9 Å². The maximum absolute atomic E-state index is 12.0. The molecule has 0 radical (unpaired) electrons. The molecule has 1 unspecified atom stereocenters. The monoisotopic (exact) mass is 235 g/mol. The molecule has 0 aliphatic carbocycles. The molecule has 1 aromatic rings. The van der Waals surface area contributed by atoms with E-state index in [-0.39, 0.29) is 11.7 Å². The Morgan fingerprint density at radius 1 is 1.35 bits per heavy atom. The first-order valence-corrected chi connectivity index (χ1v) is 5.92. The fourth-order valence-electron chi connectivity index (χ4n) is 1.99. The maximum Gasteiger partial charge on any atom is 0.263 e. The number of aromatic hydroxyl groups is 1. The first-order valence-electron chi connectivity index (χ1n) is 5.92. The highest BCUT2D eigenvalue weighted by Gasteiger charge is 2.24. The van der Waals surface area contributed by atoms with Crippen molar-refractivity contribution in [2.24, 2.45) is 0 Å². The molecule has 17 heavy (non-hydrogen) atoms. The van der Waals surface area contributed by atoms with Crippen molar-refractivity contribution in [2.75, 3.05) is 13.1 Å². The normalized spacial score (nSPS) is 16.9. The van der Waals surface area contributed by atoms with Crippen LogP contribution >= 0.6 is 0 Å². The SMILES string of the molecule is CC(Oc1ccccc1O)C(=O)N1CCCC1. The second-order valence-electron chi connectivity index (χ2n) is 4.26. The molecule has 0 spiro atoms. The van der Waals surface area contributed by atoms with E-state index >= 15 is 0 Å². The first kappa shape index (κ1) is 11.8. The van der Waals surface area contributed by atoms with E-state index in [1.165, 1.54) is 0 Å². The number of ether oxygens (including phenoxy) is 1. The molecule has 4 heteroatoms. The molecule has 0 aromatic heterocycles. The van der Waals surface area contributed by atoms with E-state index in [9.17, 15) is 9.90 Å². The summed E-state index contributed by atoms with van der Waals surface area (Å²) in [6.07, 6.45) is 1.57. The molecule has 1 heterocycles. The number of para-hydroxylation sites is 2. The summed E-state index contributed by atoms with van der Waals surface area (Å²) >= 11 is 0. The van der Waals surface area contributed by atoms with Crippen molar-refractivity contribution in [3.8, 4) is 11.5 Å². The summed E-state index contributed by atoms with van der Waals surface area (Å²) in [5, 5.41) is 9.56. The minimum absolute atomic E-state index is 0.00856. The van der Waals surface area contributed by atoms with Crippen LogP contribution in [0.4, 0.5) is 0 Å². The van der Waals surface area contributed by atoms with Crippen LogP contribution in [0, 0.1) is 0 Å². The number of carbonyl (C=O) groups excluding carboxylic acids is 1. The van der Waals surface area contributed by atoms with Gasteiger partial charge in [-0.1, -0.05) is 12.1 Å². The summed E-state index contributed by atoms with van der Waals surface area (Å²) in [4.78, 5) is 13.8. The van der Waals surface area contributed by atoms with Crippen molar-refractivity contribution in [2.45, 2.75) is 25.9 Å². The quantitative estimate of drug-likeness (QED) is 0.868. The summed E-state index contributed by atoms with van der Waals surface area (Å²) in [5.74, 6) is 0.409. The molecule has 0 bridgehead atoms. The Morgan fingerprint density at radius 3 is 2.65 bits per heavy atom. The van der Waals surface area contributed by atoms with Crippen molar-refractivity contribution >= 4 is 5.91 Å². The summed E-state index contributed by atoms with van der Waals surface area (Å²) in [6, 6.07) is 6.68. The summed E-state index contributed by atoms with van der Waals surface area (Å²) in [7, 11) is 0. The van der Waals surface area contributed by atoms with Gasteiger partial charge in [0.1, 0.15) is 0 Å². The Kier molecular flexibility index (Phi) is 3.52. The Morgan fingerprint density at radius 2 is 2.00 bits per heavy atom. The van der Waals surface area contributed by atoms with Gasteiger partial charge in [0.15, 0.2) is 17.6 Å². The van der Waals surface area contributed by atoms with E-state index in [1.54, 1.807) is 31.2 Å². The van der Waals surface area contributed by atoms with Crippen molar-refractivity contribution in [3.63, 3.8) is 0 Å². The highest BCUT2D eigenvalue weighted by molar-refractivity contribution is 5.81. The Labute approximate surface area is 101 Å². The van der Waals surface area contributed by atoms with Gasteiger partial charge in [0.2, 0.25) is 0 Å². The number of likely N-dealkylation sites (tertiary alicyclic amines) is 1. The predicted molar refractivity (Wildman–Crippen MR) is 64.0 cm³/mol. The van der Waals surface area contributed by atoms with E-state index in [4.69, 9.17) is 4.74 Å². The van der Waals surface area contributed by atoms with Crippen LogP contribution in [0.1, 0.15) is 19.8 Å². The number of amides is 1. The average Bonchev–Trinajstić information content (AvgIpc) is 2.84. The van der Waals surface area contributed by atoms with Crippen LogP contribution in [-0.2, 0) is 4.79 Å². The molecule has 1 aromatic carbocycles. The van der Waals surface area contributed by atoms with Gasteiger partial charge < -0.3 is 14.7 Å². The molecule has 1 N–H and O–H groups in total. The standard InChI is InChI=1S/C13H17NO3/c1-10(13(16)14-8-4-5-9-14)17-12-7-3-2-6-11(12)15/h2-3,6-7,10,15H,4-5,8-9H2,1H3. The van der Waals surface area contributed by atoms with E-state index in [2.05, 4.69) is 0 Å². The van der Waals surface area contributed by atoms with Gasteiger partial charge in [0.05, 0.1) is 0 Å². The third-order valence-electron chi connectivity index (χ3n) is 2.93. The number of carbonyl (C=O) groups is 1. The number of benzene rings is 1. The van der Waals surface area contributed by atoms with Crippen LogP contribution < -0.4 is 4.74 Å². The number of hydrogen-bond acceptors (Lipinski definition) is 3. The highest BCUT2D eigenvalue weighted by atomic mass is 16.5. The molecule has 1 fully saturated rings. The van der Waals surface area contributed by atoms with Gasteiger partial charge in [0.25, 0.3) is 5.91 Å². The zero-order valence-electron chi connectivity index (χ0n) is 9.93. The molecule has 1 saturated heterocycles. The van der Waals surface area contributed by atoms with Crippen LogP contribution in [0.15, 0.2) is 24.3 Å². The number of hydrogen-bond donors (Lipinski definition) is 1. The van der Waals surface area contributed by atoms with Gasteiger partial charge in [-0.3, -0.25) is 4.79 Å². The fourth-order valence-corrected chi connectivity index (χ4v) is 1.99. The van der Waals surface area contributed by atoms with E-state index in [0.29, 0.717) is 5.75 Å². The first-order chi connectivity index (χ1) is 8.18. The van der Waals surface area contributed by atoms with Crippen LogP contribution in [0.5, 0.6) is 11.5 Å². The minimum Gasteiger partial charge on any atom is -0.504 e. The second-order valence-corrected chi connectivity index (χ2v) is 4.26. The topological polar surface area (TPSA) is 49.8 Å². The molecule has 1 aliphatic rings. The van der Waals surface area contributed by atoms with E-state index in [1.807, 2.05) is 4.90 Å². The average molecular weight is 235 g/mol. The van der Waals surface area contributed by atoms with Crippen LogP contribution in [0.25, 0.3) is 0 Å². The third-order valence-corrected chi connectivity index (χ3v) is 2.93. The molecular weight excluding hydrogens is 218 g/mol. The molecule has 1 aliphatic heterocycles. The van der Waals surface area contributed by atoms with Gasteiger partial charge in [-0.2, -0.15) is 0 Å². The Balaban J connectivity index is 1.99. The minimum atomic E-state index is -0.554. The van der Waals surface area contributed by atoms with Crippen LogP contribution in [0.3, 0.4) is 0 Å². The van der Waals surface area contributed by atoms with Crippen molar-refractivity contribution in [1.29, 1.82) is 0 Å². The van der Waals surface area contributed by atoms with Crippen molar-refractivity contribution < 1.29 is 14.6 Å². The zero-order valence-corrected chi connectivity index (χ0v) is 9.93.